The predicted molar refractivity (Wildman–Crippen MR) is 126 cm³/mol. The van der Waals surface area contributed by atoms with E-state index < -0.39 is 4.92 Å². The van der Waals surface area contributed by atoms with Gasteiger partial charge in [0.25, 0.3) is 5.69 Å². The number of nitrogens with zero attached hydrogens (tertiary/aromatic N) is 3. The topological polar surface area (TPSA) is 103 Å². The van der Waals surface area contributed by atoms with Crippen molar-refractivity contribution in [3.05, 3.63) is 76.3 Å². The summed E-state index contributed by atoms with van der Waals surface area (Å²) < 4.78 is 16.9. The Balaban J connectivity index is 1.70. The molecule has 1 aliphatic rings. The summed E-state index contributed by atoms with van der Waals surface area (Å²) in [5.41, 5.74) is 1.43. The Morgan fingerprint density at radius 3 is 2.79 bits per heavy atom. The molecule has 1 aromatic carbocycles. The second kappa shape index (κ2) is 9.97. The number of benzene rings is 1. The number of rotatable bonds is 9. The molecule has 0 unspecified atom stereocenters. The van der Waals surface area contributed by atoms with Gasteiger partial charge in [-0.2, -0.15) is 0 Å². The summed E-state index contributed by atoms with van der Waals surface area (Å²) in [5, 5.41) is 15.1. The van der Waals surface area contributed by atoms with Crippen LogP contribution in [-0.4, -0.2) is 47.3 Å². The van der Waals surface area contributed by atoms with E-state index in [1.165, 1.54) is 19.2 Å². The summed E-state index contributed by atoms with van der Waals surface area (Å²) in [6, 6.07) is 13.5. The fourth-order valence-electron chi connectivity index (χ4n) is 3.99. The Hall–Kier alpha value is -3.50. The van der Waals surface area contributed by atoms with Crippen molar-refractivity contribution in [2.45, 2.75) is 18.5 Å². The van der Waals surface area contributed by atoms with Crippen LogP contribution in [0.25, 0.3) is 11.3 Å². The molecular formula is C23H24N4O5S. The zero-order chi connectivity index (χ0) is 23.4. The van der Waals surface area contributed by atoms with Gasteiger partial charge in [0.1, 0.15) is 23.3 Å². The van der Waals surface area contributed by atoms with E-state index in [1.807, 2.05) is 30.3 Å². The fourth-order valence-corrected chi connectivity index (χ4v) is 4.32. The van der Waals surface area contributed by atoms with E-state index in [0.717, 1.165) is 12.1 Å². The average Bonchev–Trinajstić information content (AvgIpc) is 3.44. The molecule has 2 aromatic heterocycles. The van der Waals surface area contributed by atoms with Gasteiger partial charge in [0.2, 0.25) is 0 Å². The van der Waals surface area contributed by atoms with E-state index in [0.29, 0.717) is 41.1 Å². The maximum Gasteiger partial charge on any atom is 0.273 e. The zero-order valence-corrected chi connectivity index (χ0v) is 19.1. The molecule has 0 amide bonds. The summed E-state index contributed by atoms with van der Waals surface area (Å²) in [4.78, 5) is 17.3. The van der Waals surface area contributed by atoms with Crippen LogP contribution in [0.2, 0.25) is 0 Å². The molecule has 2 atom stereocenters. The van der Waals surface area contributed by atoms with E-state index in [2.05, 4.69) is 15.2 Å². The smallest absolute Gasteiger partial charge is 0.273 e. The van der Waals surface area contributed by atoms with Gasteiger partial charge < -0.3 is 24.1 Å². The lowest BCUT2D eigenvalue weighted by molar-refractivity contribution is -0.384. The number of hydrogen-bond acceptors (Lipinski definition) is 7. The number of nitrogens with one attached hydrogen (secondary N) is 1. The molecule has 1 N–H and O–H groups in total. The number of ether oxygens (including phenoxy) is 2. The molecule has 1 aliphatic heterocycles. The third kappa shape index (κ3) is 4.67. The normalized spacial score (nSPS) is 17.8. The third-order valence-corrected chi connectivity index (χ3v) is 5.88. The fraction of sp³-hybridized carbons (Fsp3) is 0.304. The summed E-state index contributed by atoms with van der Waals surface area (Å²) in [6.07, 6.45) is 2.55. The van der Waals surface area contributed by atoms with Crippen LogP contribution in [-0.2, 0) is 4.74 Å². The molecule has 3 heterocycles. The number of furan rings is 1. The first-order valence-corrected chi connectivity index (χ1v) is 10.8. The Morgan fingerprint density at radius 2 is 2.09 bits per heavy atom. The monoisotopic (exact) mass is 468 g/mol. The molecule has 0 radical (unpaired) electrons. The largest absolute Gasteiger partial charge is 0.496 e. The van der Waals surface area contributed by atoms with Crippen LogP contribution in [0.4, 0.5) is 5.69 Å². The number of methoxy groups -OCH3 is 2. The molecule has 0 aliphatic carbocycles. The molecule has 0 bridgehead atoms. The van der Waals surface area contributed by atoms with Gasteiger partial charge in [-0.15, -0.1) is 0 Å². The molecule has 33 heavy (non-hydrogen) atoms. The minimum absolute atomic E-state index is 0.0488. The van der Waals surface area contributed by atoms with Crippen molar-refractivity contribution >= 4 is 23.0 Å². The van der Waals surface area contributed by atoms with Gasteiger partial charge in [0, 0.05) is 32.5 Å². The number of pyridine rings is 1. The molecule has 0 saturated carbocycles. The highest BCUT2D eigenvalue weighted by Crippen LogP contribution is 2.42. The van der Waals surface area contributed by atoms with Crippen LogP contribution in [0.1, 0.15) is 30.0 Å². The van der Waals surface area contributed by atoms with Crippen LogP contribution in [0.3, 0.4) is 0 Å². The van der Waals surface area contributed by atoms with E-state index >= 15 is 0 Å². The van der Waals surface area contributed by atoms with Crippen molar-refractivity contribution < 1.29 is 18.8 Å². The molecular weight excluding hydrogens is 444 g/mol. The highest BCUT2D eigenvalue weighted by atomic mass is 32.1. The number of aromatic nitrogens is 1. The maximum absolute atomic E-state index is 11.1. The highest BCUT2D eigenvalue weighted by molar-refractivity contribution is 7.80. The van der Waals surface area contributed by atoms with E-state index in [9.17, 15) is 10.1 Å². The Morgan fingerprint density at radius 1 is 1.24 bits per heavy atom. The van der Waals surface area contributed by atoms with Crippen molar-refractivity contribution in [3.63, 3.8) is 0 Å². The van der Waals surface area contributed by atoms with Crippen LogP contribution >= 0.6 is 12.2 Å². The van der Waals surface area contributed by atoms with Gasteiger partial charge >= 0.3 is 0 Å². The SMILES string of the molecule is COCCCN1C(=S)N[C@@H](c2ccccn2)[C@@H]1c1ccc(-c2ccc([N+](=O)[O-])cc2OC)o1. The van der Waals surface area contributed by atoms with Gasteiger partial charge in [0.05, 0.1) is 35.4 Å². The van der Waals surface area contributed by atoms with Crippen molar-refractivity contribution in [3.8, 4) is 17.1 Å². The first-order valence-electron chi connectivity index (χ1n) is 10.4. The summed E-state index contributed by atoms with van der Waals surface area (Å²) >= 11 is 5.64. The van der Waals surface area contributed by atoms with Gasteiger partial charge in [0.15, 0.2) is 5.11 Å². The van der Waals surface area contributed by atoms with Crippen molar-refractivity contribution in [1.29, 1.82) is 0 Å². The molecule has 4 rings (SSSR count). The van der Waals surface area contributed by atoms with Gasteiger partial charge in [-0.05, 0) is 49.0 Å². The second-order valence-electron chi connectivity index (χ2n) is 7.51. The Kier molecular flexibility index (Phi) is 6.85. The van der Waals surface area contributed by atoms with Crippen molar-refractivity contribution in [2.75, 3.05) is 27.4 Å². The first-order chi connectivity index (χ1) is 16.0. The summed E-state index contributed by atoms with van der Waals surface area (Å²) in [6.45, 7) is 1.30. The lowest BCUT2D eigenvalue weighted by atomic mass is 10.0. The Bertz CT molecular complexity index is 1140. The zero-order valence-electron chi connectivity index (χ0n) is 18.3. The number of hydrogen-bond donors (Lipinski definition) is 1. The minimum Gasteiger partial charge on any atom is -0.496 e. The molecule has 1 saturated heterocycles. The van der Waals surface area contributed by atoms with Gasteiger partial charge in [-0.1, -0.05) is 6.07 Å². The van der Waals surface area contributed by atoms with Gasteiger partial charge in [-0.25, -0.2) is 0 Å². The van der Waals surface area contributed by atoms with Crippen LogP contribution < -0.4 is 10.1 Å². The van der Waals surface area contributed by atoms with E-state index in [1.54, 1.807) is 19.4 Å². The quantitative estimate of drug-likeness (QED) is 0.213. The standard InChI is InChI=1S/C23H24N4O5S/c1-30-13-5-12-26-22(21(25-23(26)33)17-6-3-4-11-24-17)19-10-9-18(32-19)16-8-7-15(27(28)29)14-20(16)31-2/h3-4,6-11,14,21-22H,5,12-13H2,1-2H3,(H,25,33)/t21-,22-/m0/s1. The predicted octanol–water partition coefficient (Wildman–Crippen LogP) is 4.27. The van der Waals surface area contributed by atoms with Gasteiger partial charge in [-0.3, -0.25) is 15.1 Å². The Labute approximate surface area is 196 Å². The highest BCUT2D eigenvalue weighted by Gasteiger charge is 2.41. The lowest BCUT2D eigenvalue weighted by Crippen LogP contribution is -2.31. The van der Waals surface area contributed by atoms with Crippen LogP contribution in [0.15, 0.2) is 59.1 Å². The average molecular weight is 469 g/mol. The van der Waals surface area contributed by atoms with Crippen molar-refractivity contribution in [2.24, 2.45) is 0 Å². The van der Waals surface area contributed by atoms with E-state index in [-0.39, 0.29) is 17.8 Å². The number of non-ortho nitro benzene ring substituents is 1. The van der Waals surface area contributed by atoms with Crippen molar-refractivity contribution in [1.82, 2.24) is 15.2 Å². The molecule has 3 aromatic rings. The van der Waals surface area contributed by atoms with E-state index in [4.69, 9.17) is 26.1 Å². The third-order valence-electron chi connectivity index (χ3n) is 5.52. The molecule has 172 valence electrons. The maximum atomic E-state index is 11.1. The molecule has 0 spiro atoms. The second-order valence-corrected chi connectivity index (χ2v) is 7.90. The number of nitro benzene ring substituents is 1. The molecule has 10 heteroatoms. The summed E-state index contributed by atoms with van der Waals surface area (Å²) in [7, 11) is 3.14. The number of thiocarbonyl (C=S) groups is 1. The number of nitro groups is 1. The lowest BCUT2D eigenvalue weighted by Gasteiger charge is -2.26. The molecule has 9 nitrogen and oxygen atoms in total. The van der Waals surface area contributed by atoms with Crippen LogP contribution in [0.5, 0.6) is 5.75 Å². The summed E-state index contributed by atoms with van der Waals surface area (Å²) in [5.74, 6) is 1.61. The first kappa shape index (κ1) is 22.7. The van der Waals surface area contributed by atoms with Crippen LogP contribution in [0, 0.1) is 10.1 Å². The molecule has 1 fully saturated rings. The minimum atomic E-state index is -0.458.